The third-order valence-electron chi connectivity index (χ3n) is 2.93. The molecule has 1 fully saturated rings. The minimum atomic E-state index is 0.744. The van der Waals surface area contributed by atoms with Crippen LogP contribution in [0.2, 0.25) is 0 Å². The second kappa shape index (κ2) is 3.91. The maximum Gasteiger partial charge on any atom is 0.0437 e. The molecule has 0 spiro atoms. The Labute approximate surface area is 80.2 Å². The first-order valence-electron chi connectivity index (χ1n) is 5.30. The highest BCUT2D eigenvalue weighted by molar-refractivity contribution is 5.14. The van der Waals surface area contributed by atoms with E-state index in [0.29, 0.717) is 0 Å². The molecule has 70 valence electrons. The van der Waals surface area contributed by atoms with Crippen LogP contribution in [0.25, 0.3) is 0 Å². The Morgan fingerprint density at radius 2 is 1.92 bits per heavy atom. The van der Waals surface area contributed by atoms with Crippen molar-refractivity contribution in [3.05, 3.63) is 29.6 Å². The second-order valence-corrected chi connectivity index (χ2v) is 4.04. The lowest BCUT2D eigenvalue weighted by atomic mass is 9.86. The van der Waals surface area contributed by atoms with Gasteiger partial charge in [-0.3, -0.25) is 4.98 Å². The largest absolute Gasteiger partial charge is 0.258 e. The number of hydrogen-bond donors (Lipinski definition) is 0. The molecule has 0 aliphatic heterocycles. The van der Waals surface area contributed by atoms with Gasteiger partial charge in [-0.2, -0.15) is 0 Å². The van der Waals surface area contributed by atoms with E-state index in [1.54, 1.807) is 0 Å². The molecule has 0 saturated heterocycles. The SMILES string of the molecule is Cc1cccc(C2CCCCC2)n1. The average Bonchev–Trinajstić information content (AvgIpc) is 2.19. The van der Waals surface area contributed by atoms with Crippen LogP contribution in [-0.2, 0) is 0 Å². The summed E-state index contributed by atoms with van der Waals surface area (Å²) in [6.45, 7) is 2.08. The van der Waals surface area contributed by atoms with Crippen molar-refractivity contribution in [2.24, 2.45) is 0 Å². The van der Waals surface area contributed by atoms with Gasteiger partial charge in [0, 0.05) is 17.3 Å². The van der Waals surface area contributed by atoms with Gasteiger partial charge in [0.1, 0.15) is 0 Å². The molecule has 0 aromatic carbocycles. The van der Waals surface area contributed by atoms with Crippen molar-refractivity contribution in [2.45, 2.75) is 44.9 Å². The van der Waals surface area contributed by atoms with Gasteiger partial charge in [0.25, 0.3) is 0 Å². The fraction of sp³-hybridized carbons (Fsp3) is 0.583. The molecule has 1 aliphatic carbocycles. The summed E-state index contributed by atoms with van der Waals surface area (Å²) in [4.78, 5) is 4.60. The number of pyridine rings is 1. The lowest BCUT2D eigenvalue weighted by Crippen LogP contribution is -2.06. The van der Waals surface area contributed by atoms with Gasteiger partial charge in [0.05, 0.1) is 0 Å². The summed E-state index contributed by atoms with van der Waals surface area (Å²) >= 11 is 0. The van der Waals surface area contributed by atoms with Gasteiger partial charge in [0.2, 0.25) is 0 Å². The fourth-order valence-electron chi connectivity index (χ4n) is 2.19. The first kappa shape index (κ1) is 8.74. The normalized spacial score (nSPS) is 18.8. The summed E-state index contributed by atoms with van der Waals surface area (Å²) in [5, 5.41) is 0. The maximum atomic E-state index is 4.60. The Hall–Kier alpha value is -0.850. The molecule has 0 atom stereocenters. The van der Waals surface area contributed by atoms with Crippen LogP contribution in [0.1, 0.15) is 49.4 Å². The molecule has 1 saturated carbocycles. The minimum absolute atomic E-state index is 0.744. The Balaban J connectivity index is 2.14. The number of aryl methyl sites for hydroxylation is 1. The molecule has 1 heterocycles. The first-order valence-corrected chi connectivity index (χ1v) is 5.30. The monoisotopic (exact) mass is 175 g/mol. The van der Waals surface area contributed by atoms with E-state index in [1.165, 1.54) is 37.8 Å². The highest BCUT2D eigenvalue weighted by Crippen LogP contribution is 2.31. The molecule has 2 rings (SSSR count). The zero-order valence-corrected chi connectivity index (χ0v) is 8.29. The Morgan fingerprint density at radius 1 is 1.15 bits per heavy atom. The van der Waals surface area contributed by atoms with Crippen LogP contribution in [0.15, 0.2) is 18.2 Å². The molecule has 1 aromatic heterocycles. The third kappa shape index (κ3) is 2.09. The molecule has 0 unspecified atom stereocenters. The van der Waals surface area contributed by atoms with Crippen LogP contribution in [0.4, 0.5) is 0 Å². The van der Waals surface area contributed by atoms with Crippen LogP contribution >= 0.6 is 0 Å². The lowest BCUT2D eigenvalue weighted by Gasteiger charge is -2.21. The first-order chi connectivity index (χ1) is 6.36. The Kier molecular flexibility index (Phi) is 2.62. The van der Waals surface area contributed by atoms with E-state index >= 15 is 0 Å². The van der Waals surface area contributed by atoms with Crippen LogP contribution in [0.5, 0.6) is 0 Å². The minimum Gasteiger partial charge on any atom is -0.258 e. The van der Waals surface area contributed by atoms with Crippen molar-refractivity contribution >= 4 is 0 Å². The summed E-state index contributed by atoms with van der Waals surface area (Å²) in [6.07, 6.45) is 6.88. The zero-order valence-electron chi connectivity index (χ0n) is 8.29. The van der Waals surface area contributed by atoms with E-state index < -0.39 is 0 Å². The van der Waals surface area contributed by atoms with E-state index in [2.05, 4.69) is 30.1 Å². The molecule has 13 heavy (non-hydrogen) atoms. The second-order valence-electron chi connectivity index (χ2n) is 4.04. The van der Waals surface area contributed by atoms with Gasteiger partial charge in [0.15, 0.2) is 0 Å². The van der Waals surface area contributed by atoms with E-state index in [1.807, 2.05) is 0 Å². The molecule has 0 radical (unpaired) electrons. The number of nitrogens with zero attached hydrogens (tertiary/aromatic N) is 1. The van der Waals surface area contributed by atoms with Gasteiger partial charge < -0.3 is 0 Å². The van der Waals surface area contributed by atoms with E-state index in [-0.39, 0.29) is 0 Å². The highest BCUT2D eigenvalue weighted by atomic mass is 14.7. The summed E-state index contributed by atoms with van der Waals surface area (Å²) in [6, 6.07) is 6.39. The van der Waals surface area contributed by atoms with Crippen LogP contribution in [0.3, 0.4) is 0 Å². The van der Waals surface area contributed by atoms with Gasteiger partial charge in [-0.05, 0) is 31.9 Å². The highest BCUT2D eigenvalue weighted by Gasteiger charge is 2.16. The van der Waals surface area contributed by atoms with Crippen molar-refractivity contribution in [1.29, 1.82) is 0 Å². The van der Waals surface area contributed by atoms with Crippen molar-refractivity contribution in [3.8, 4) is 0 Å². The molecule has 1 aromatic rings. The Bertz CT molecular complexity index is 274. The average molecular weight is 175 g/mol. The predicted octanol–water partition coefficient (Wildman–Crippen LogP) is 3.44. The third-order valence-corrected chi connectivity index (χ3v) is 2.93. The number of hydrogen-bond acceptors (Lipinski definition) is 1. The van der Waals surface area contributed by atoms with Crippen LogP contribution in [0, 0.1) is 6.92 Å². The fourth-order valence-corrected chi connectivity index (χ4v) is 2.19. The topological polar surface area (TPSA) is 12.9 Å². The van der Waals surface area contributed by atoms with E-state index in [9.17, 15) is 0 Å². The summed E-state index contributed by atoms with van der Waals surface area (Å²) < 4.78 is 0. The molecule has 1 nitrogen and oxygen atoms in total. The zero-order chi connectivity index (χ0) is 9.10. The number of rotatable bonds is 1. The molecular weight excluding hydrogens is 158 g/mol. The van der Waals surface area contributed by atoms with Crippen molar-refractivity contribution < 1.29 is 0 Å². The van der Waals surface area contributed by atoms with E-state index in [0.717, 1.165) is 11.6 Å². The number of aromatic nitrogens is 1. The molecule has 0 bridgehead atoms. The smallest absolute Gasteiger partial charge is 0.0437 e. The lowest BCUT2D eigenvalue weighted by molar-refractivity contribution is 0.436. The Morgan fingerprint density at radius 3 is 2.62 bits per heavy atom. The molecular formula is C12H17N. The maximum absolute atomic E-state index is 4.60. The standard InChI is InChI=1S/C12H17N/c1-10-6-5-9-12(13-10)11-7-3-2-4-8-11/h5-6,9,11H,2-4,7-8H2,1H3. The van der Waals surface area contributed by atoms with Gasteiger partial charge in [-0.1, -0.05) is 25.3 Å². The quantitative estimate of drug-likeness (QED) is 0.637. The van der Waals surface area contributed by atoms with Crippen molar-refractivity contribution in [1.82, 2.24) is 4.98 Å². The summed E-state index contributed by atoms with van der Waals surface area (Å²) in [5.41, 5.74) is 2.47. The van der Waals surface area contributed by atoms with E-state index in [4.69, 9.17) is 0 Å². The predicted molar refractivity (Wildman–Crippen MR) is 54.8 cm³/mol. The van der Waals surface area contributed by atoms with Gasteiger partial charge >= 0.3 is 0 Å². The summed E-state index contributed by atoms with van der Waals surface area (Å²) in [7, 11) is 0. The van der Waals surface area contributed by atoms with Crippen LogP contribution in [-0.4, -0.2) is 4.98 Å². The summed E-state index contributed by atoms with van der Waals surface area (Å²) in [5.74, 6) is 0.744. The molecule has 0 amide bonds. The van der Waals surface area contributed by atoms with Crippen LogP contribution < -0.4 is 0 Å². The van der Waals surface area contributed by atoms with Gasteiger partial charge in [-0.25, -0.2) is 0 Å². The van der Waals surface area contributed by atoms with Gasteiger partial charge in [-0.15, -0.1) is 0 Å². The van der Waals surface area contributed by atoms with Crippen molar-refractivity contribution in [3.63, 3.8) is 0 Å². The molecule has 1 heteroatoms. The molecule has 1 aliphatic rings. The van der Waals surface area contributed by atoms with Crippen molar-refractivity contribution in [2.75, 3.05) is 0 Å². The molecule has 0 N–H and O–H groups in total.